The number of hydrogen-bond acceptors (Lipinski definition) is 5. The van der Waals surface area contributed by atoms with Gasteiger partial charge in [0.05, 0.1) is 11.8 Å². The Kier molecular flexibility index (Phi) is 5.29. The molecule has 0 radical (unpaired) electrons. The van der Waals surface area contributed by atoms with Gasteiger partial charge in [-0.2, -0.15) is 40.2 Å². The largest absolute Gasteiger partial charge is 0.478 e. The Labute approximate surface area is 174 Å². The Bertz CT molecular complexity index is 1160. The van der Waals surface area contributed by atoms with Crippen molar-refractivity contribution in [2.24, 2.45) is 7.05 Å². The normalized spacial score (nSPS) is 13.1. The van der Waals surface area contributed by atoms with E-state index in [1.54, 1.807) is 0 Å². The summed E-state index contributed by atoms with van der Waals surface area (Å²) in [5, 5.41) is 18.6. The second-order valence-electron chi connectivity index (χ2n) is 5.89. The van der Waals surface area contributed by atoms with Gasteiger partial charge in [0.1, 0.15) is 26.3 Å². The van der Waals surface area contributed by atoms with Crippen LogP contribution in [0.3, 0.4) is 0 Å². The van der Waals surface area contributed by atoms with Gasteiger partial charge in [0.15, 0.2) is 5.69 Å². The van der Waals surface area contributed by atoms with Crippen molar-refractivity contribution in [3.05, 3.63) is 33.4 Å². The van der Waals surface area contributed by atoms with Crippen molar-refractivity contribution in [1.82, 2.24) is 24.8 Å². The van der Waals surface area contributed by atoms with E-state index in [0.29, 0.717) is 11.3 Å². The number of carbonyl (C=O) groups is 1. The molecule has 31 heavy (non-hydrogen) atoms. The monoisotopic (exact) mass is 495 g/mol. The standard InChI is InChI=1S/C14H6ClF8N5O2S/c1-27-8(7(13(18,19)20)9(25-27)12(16,17)14(21,22)23)5-3-28(26-24-5)6-2-4(11(29)30)10(15)31-6/h2-3H,1H3,(H,29,30). The van der Waals surface area contributed by atoms with E-state index in [1.165, 1.54) is 0 Å². The number of aromatic carboxylic acids is 1. The molecule has 3 heterocycles. The molecule has 3 rings (SSSR count). The van der Waals surface area contributed by atoms with E-state index in [2.05, 4.69) is 15.4 Å². The second-order valence-corrected chi connectivity index (χ2v) is 7.52. The number of rotatable bonds is 4. The van der Waals surface area contributed by atoms with Crippen LogP contribution in [-0.4, -0.2) is 42.0 Å². The Morgan fingerprint density at radius 1 is 1.16 bits per heavy atom. The number of halogens is 9. The minimum Gasteiger partial charge on any atom is -0.478 e. The van der Waals surface area contributed by atoms with Crippen LogP contribution in [0.15, 0.2) is 12.3 Å². The first-order chi connectivity index (χ1) is 14.1. The molecule has 168 valence electrons. The maximum Gasteiger partial charge on any atom is 0.459 e. The predicted octanol–water partition coefficient (Wildman–Crippen LogP) is 4.75. The van der Waals surface area contributed by atoms with Gasteiger partial charge in [-0.15, -0.1) is 16.4 Å². The molecule has 17 heteroatoms. The van der Waals surface area contributed by atoms with Crippen molar-refractivity contribution in [1.29, 1.82) is 0 Å². The van der Waals surface area contributed by atoms with Crippen molar-refractivity contribution >= 4 is 28.9 Å². The lowest BCUT2D eigenvalue weighted by molar-refractivity contribution is -0.292. The number of alkyl halides is 8. The quantitative estimate of drug-likeness (QED) is 0.528. The highest BCUT2D eigenvalue weighted by Crippen LogP contribution is 2.50. The average Bonchev–Trinajstić information content (AvgIpc) is 3.29. The van der Waals surface area contributed by atoms with Crippen LogP contribution in [-0.2, 0) is 19.1 Å². The van der Waals surface area contributed by atoms with Gasteiger partial charge in [-0.05, 0) is 6.07 Å². The van der Waals surface area contributed by atoms with Crippen LogP contribution in [0.25, 0.3) is 16.4 Å². The summed E-state index contributed by atoms with van der Waals surface area (Å²) in [5.41, 5.74) is -7.15. The Morgan fingerprint density at radius 2 is 1.77 bits per heavy atom. The number of carboxylic acid groups (broad SMARTS) is 1. The molecule has 3 aromatic heterocycles. The van der Waals surface area contributed by atoms with Gasteiger partial charge in [-0.1, -0.05) is 16.8 Å². The maximum absolute atomic E-state index is 13.7. The number of hydrogen-bond donors (Lipinski definition) is 1. The first kappa shape index (κ1) is 22.9. The molecule has 0 aliphatic heterocycles. The van der Waals surface area contributed by atoms with Crippen molar-refractivity contribution in [2.45, 2.75) is 18.3 Å². The molecule has 0 aliphatic carbocycles. The van der Waals surface area contributed by atoms with Gasteiger partial charge in [-0.25, -0.2) is 9.48 Å². The fourth-order valence-electron chi connectivity index (χ4n) is 2.54. The molecule has 0 fully saturated rings. The first-order valence-electron chi connectivity index (χ1n) is 7.60. The van der Waals surface area contributed by atoms with Crippen LogP contribution in [0, 0.1) is 0 Å². The van der Waals surface area contributed by atoms with Crippen LogP contribution in [0.1, 0.15) is 21.6 Å². The average molecular weight is 496 g/mol. The molecule has 0 unspecified atom stereocenters. The summed E-state index contributed by atoms with van der Waals surface area (Å²) in [6.07, 6.45) is -11.2. The molecule has 0 bridgehead atoms. The maximum atomic E-state index is 13.7. The number of aryl methyl sites for hydroxylation is 1. The summed E-state index contributed by atoms with van der Waals surface area (Å²) in [6.45, 7) is 0. The molecule has 0 spiro atoms. The first-order valence-corrected chi connectivity index (χ1v) is 8.80. The smallest absolute Gasteiger partial charge is 0.459 e. The molecule has 0 aromatic carbocycles. The highest BCUT2D eigenvalue weighted by atomic mass is 35.5. The number of nitrogens with zero attached hydrogens (tertiary/aromatic N) is 5. The zero-order chi connectivity index (χ0) is 23.5. The summed E-state index contributed by atoms with van der Waals surface area (Å²) in [7, 11) is 0.726. The van der Waals surface area contributed by atoms with Gasteiger partial charge in [-0.3, -0.25) is 4.68 Å². The van der Waals surface area contributed by atoms with E-state index in [4.69, 9.17) is 16.7 Å². The fraction of sp³-hybridized carbons (Fsp3) is 0.286. The third-order valence-electron chi connectivity index (χ3n) is 3.85. The van der Waals surface area contributed by atoms with Crippen molar-refractivity contribution in [2.75, 3.05) is 0 Å². The van der Waals surface area contributed by atoms with E-state index in [1.807, 2.05) is 0 Å². The topological polar surface area (TPSA) is 85.8 Å². The minimum absolute atomic E-state index is 0.0160. The van der Waals surface area contributed by atoms with E-state index < -0.39 is 46.9 Å². The van der Waals surface area contributed by atoms with Crippen LogP contribution < -0.4 is 0 Å². The van der Waals surface area contributed by atoms with E-state index >= 15 is 0 Å². The van der Waals surface area contributed by atoms with Gasteiger partial charge in [0, 0.05) is 7.05 Å². The molecule has 7 nitrogen and oxygen atoms in total. The molecule has 0 saturated heterocycles. The SMILES string of the molecule is Cn1nc(C(F)(F)C(F)(F)F)c(C(F)(F)F)c1-c1cn(-c2cc(C(=O)O)c(Cl)s2)nn1. The summed E-state index contributed by atoms with van der Waals surface area (Å²) >= 11 is 6.41. The molecule has 1 N–H and O–H groups in total. The van der Waals surface area contributed by atoms with Crippen LogP contribution in [0.5, 0.6) is 0 Å². The summed E-state index contributed by atoms with van der Waals surface area (Å²) in [5.74, 6) is -7.31. The zero-order valence-electron chi connectivity index (χ0n) is 14.6. The molecule has 0 aliphatic rings. The lowest BCUT2D eigenvalue weighted by Gasteiger charge is -2.19. The van der Waals surface area contributed by atoms with Crippen molar-refractivity contribution < 1.29 is 45.0 Å². The highest BCUT2D eigenvalue weighted by molar-refractivity contribution is 7.18. The predicted molar refractivity (Wildman–Crippen MR) is 88.4 cm³/mol. The lowest BCUT2D eigenvalue weighted by Crippen LogP contribution is -2.36. The van der Waals surface area contributed by atoms with Crippen molar-refractivity contribution in [3.8, 4) is 16.4 Å². The number of aromatic nitrogens is 5. The molecule has 0 atom stereocenters. The summed E-state index contributed by atoms with van der Waals surface area (Å²) < 4.78 is 107. The third-order valence-corrected chi connectivity index (χ3v) is 5.20. The van der Waals surface area contributed by atoms with E-state index in [-0.39, 0.29) is 19.6 Å². The van der Waals surface area contributed by atoms with E-state index in [0.717, 1.165) is 24.0 Å². The third kappa shape index (κ3) is 3.84. The van der Waals surface area contributed by atoms with Gasteiger partial charge >= 0.3 is 24.2 Å². The van der Waals surface area contributed by atoms with Gasteiger partial charge in [0.2, 0.25) is 0 Å². The lowest BCUT2D eigenvalue weighted by atomic mass is 10.1. The highest BCUT2D eigenvalue weighted by Gasteiger charge is 2.64. The van der Waals surface area contributed by atoms with Crippen molar-refractivity contribution in [3.63, 3.8) is 0 Å². The number of carboxylic acids is 1. The molecular weight excluding hydrogens is 490 g/mol. The summed E-state index contributed by atoms with van der Waals surface area (Å²) in [6, 6.07) is 1.02. The van der Waals surface area contributed by atoms with Gasteiger partial charge < -0.3 is 5.11 Å². The summed E-state index contributed by atoms with van der Waals surface area (Å²) in [4.78, 5) is 11.0. The molecule has 3 aromatic rings. The van der Waals surface area contributed by atoms with Crippen LogP contribution in [0.2, 0.25) is 4.34 Å². The minimum atomic E-state index is -6.34. The Morgan fingerprint density at radius 3 is 2.26 bits per heavy atom. The molecule has 0 saturated carbocycles. The Hall–Kier alpha value is -2.75. The fourth-order valence-corrected chi connectivity index (χ4v) is 3.71. The second kappa shape index (κ2) is 7.15. The molecule has 0 amide bonds. The Balaban J connectivity index is 2.19. The molecular formula is C14H6ClF8N5O2S. The van der Waals surface area contributed by atoms with Crippen LogP contribution in [0.4, 0.5) is 35.1 Å². The number of thiophene rings is 1. The van der Waals surface area contributed by atoms with E-state index in [9.17, 15) is 39.9 Å². The van der Waals surface area contributed by atoms with Gasteiger partial charge in [0.25, 0.3) is 0 Å². The zero-order valence-corrected chi connectivity index (χ0v) is 16.1. The van der Waals surface area contributed by atoms with Crippen LogP contribution >= 0.6 is 22.9 Å².